The van der Waals surface area contributed by atoms with E-state index in [0.29, 0.717) is 17.8 Å². The predicted molar refractivity (Wildman–Crippen MR) is 80.1 cm³/mol. The second-order valence-corrected chi connectivity index (χ2v) is 5.09. The summed E-state index contributed by atoms with van der Waals surface area (Å²) in [7, 11) is 0. The van der Waals surface area contributed by atoms with Gasteiger partial charge in [0.1, 0.15) is 0 Å². The zero-order chi connectivity index (χ0) is 15.1. The Kier molecular flexibility index (Phi) is 5.71. The highest BCUT2D eigenvalue weighted by molar-refractivity contribution is 5.96. The molecule has 1 aromatic rings. The molecule has 0 aliphatic carbocycles. The highest BCUT2D eigenvalue weighted by Gasteiger charge is 2.20. The van der Waals surface area contributed by atoms with Crippen LogP contribution in [0.2, 0.25) is 0 Å². The lowest BCUT2D eigenvalue weighted by Gasteiger charge is -2.21. The molecule has 1 atom stereocenters. The van der Waals surface area contributed by atoms with Crippen LogP contribution in [-0.4, -0.2) is 43.2 Å². The van der Waals surface area contributed by atoms with Gasteiger partial charge in [-0.15, -0.1) is 0 Å². The van der Waals surface area contributed by atoms with Crippen molar-refractivity contribution < 1.29 is 14.7 Å². The Labute approximate surface area is 123 Å². The van der Waals surface area contributed by atoms with Crippen molar-refractivity contribution in [2.45, 2.75) is 12.8 Å². The van der Waals surface area contributed by atoms with E-state index in [-0.39, 0.29) is 30.9 Å². The molecule has 1 unspecified atom stereocenters. The minimum absolute atomic E-state index is 0.00581. The van der Waals surface area contributed by atoms with Gasteiger partial charge >= 0.3 is 0 Å². The number of nitrogens with one attached hydrogen (secondary N) is 3. The molecular formula is C15H21N3O3. The molecule has 1 aliphatic rings. The van der Waals surface area contributed by atoms with E-state index in [9.17, 15) is 9.59 Å². The SMILES string of the molecule is O=C(NCCO)c1ccc(NC(=O)C2CCCNC2)cc1. The van der Waals surface area contributed by atoms with E-state index in [1.807, 2.05) is 0 Å². The summed E-state index contributed by atoms with van der Waals surface area (Å²) in [4.78, 5) is 23.7. The van der Waals surface area contributed by atoms with E-state index in [0.717, 1.165) is 19.4 Å². The molecule has 1 saturated heterocycles. The third-order valence-electron chi connectivity index (χ3n) is 3.48. The maximum atomic E-state index is 12.1. The number of rotatable bonds is 5. The molecular weight excluding hydrogens is 270 g/mol. The number of piperidine rings is 1. The highest BCUT2D eigenvalue weighted by atomic mass is 16.3. The van der Waals surface area contributed by atoms with Crippen molar-refractivity contribution in [1.82, 2.24) is 10.6 Å². The molecule has 0 saturated carbocycles. The van der Waals surface area contributed by atoms with Gasteiger partial charge in [0.2, 0.25) is 5.91 Å². The van der Waals surface area contributed by atoms with E-state index in [4.69, 9.17) is 5.11 Å². The molecule has 4 N–H and O–H groups in total. The van der Waals surface area contributed by atoms with Crippen LogP contribution in [0.5, 0.6) is 0 Å². The van der Waals surface area contributed by atoms with Crippen molar-refractivity contribution in [3.8, 4) is 0 Å². The maximum absolute atomic E-state index is 12.1. The molecule has 1 aliphatic heterocycles. The first kappa shape index (κ1) is 15.5. The summed E-state index contributed by atoms with van der Waals surface area (Å²) in [6.07, 6.45) is 1.92. The van der Waals surface area contributed by atoms with Gasteiger partial charge in [0, 0.05) is 24.3 Å². The molecule has 6 nitrogen and oxygen atoms in total. The van der Waals surface area contributed by atoms with E-state index in [1.54, 1.807) is 24.3 Å². The Hall–Kier alpha value is -1.92. The van der Waals surface area contributed by atoms with E-state index >= 15 is 0 Å². The van der Waals surface area contributed by atoms with Crippen molar-refractivity contribution in [3.05, 3.63) is 29.8 Å². The number of aliphatic hydroxyl groups excluding tert-OH is 1. The van der Waals surface area contributed by atoms with Crippen LogP contribution in [0.4, 0.5) is 5.69 Å². The first-order valence-electron chi connectivity index (χ1n) is 7.21. The van der Waals surface area contributed by atoms with Crippen LogP contribution in [-0.2, 0) is 4.79 Å². The first-order valence-corrected chi connectivity index (χ1v) is 7.21. The van der Waals surface area contributed by atoms with Crippen molar-refractivity contribution in [2.24, 2.45) is 5.92 Å². The molecule has 0 radical (unpaired) electrons. The molecule has 1 aromatic carbocycles. The Bertz CT molecular complexity index is 481. The molecule has 114 valence electrons. The van der Waals surface area contributed by atoms with Crippen LogP contribution < -0.4 is 16.0 Å². The van der Waals surface area contributed by atoms with Crippen molar-refractivity contribution in [1.29, 1.82) is 0 Å². The van der Waals surface area contributed by atoms with Crippen molar-refractivity contribution in [2.75, 3.05) is 31.6 Å². The largest absolute Gasteiger partial charge is 0.395 e. The van der Waals surface area contributed by atoms with Gasteiger partial charge in [0.15, 0.2) is 0 Å². The normalized spacial score (nSPS) is 18.0. The summed E-state index contributed by atoms with van der Waals surface area (Å²) >= 11 is 0. The van der Waals surface area contributed by atoms with Crippen LogP contribution in [0, 0.1) is 5.92 Å². The Morgan fingerprint density at radius 2 is 2.05 bits per heavy atom. The number of hydrogen-bond donors (Lipinski definition) is 4. The minimum atomic E-state index is -0.238. The highest BCUT2D eigenvalue weighted by Crippen LogP contribution is 2.15. The Morgan fingerprint density at radius 3 is 2.67 bits per heavy atom. The van der Waals surface area contributed by atoms with Crippen LogP contribution in [0.25, 0.3) is 0 Å². The van der Waals surface area contributed by atoms with Crippen molar-refractivity contribution in [3.63, 3.8) is 0 Å². The summed E-state index contributed by atoms with van der Waals surface area (Å²) < 4.78 is 0. The summed E-state index contributed by atoms with van der Waals surface area (Å²) in [6, 6.07) is 6.73. The smallest absolute Gasteiger partial charge is 0.251 e. The van der Waals surface area contributed by atoms with Gasteiger partial charge in [0.05, 0.1) is 12.5 Å². The zero-order valence-electron chi connectivity index (χ0n) is 11.9. The Balaban J connectivity index is 1.89. The summed E-state index contributed by atoms with van der Waals surface area (Å²) in [5.41, 5.74) is 1.19. The number of carbonyl (C=O) groups is 2. The minimum Gasteiger partial charge on any atom is -0.395 e. The monoisotopic (exact) mass is 291 g/mol. The molecule has 0 spiro atoms. The molecule has 6 heteroatoms. The second-order valence-electron chi connectivity index (χ2n) is 5.09. The van der Waals surface area contributed by atoms with Crippen LogP contribution in [0.1, 0.15) is 23.2 Å². The van der Waals surface area contributed by atoms with Gasteiger partial charge in [-0.05, 0) is 43.7 Å². The van der Waals surface area contributed by atoms with Gasteiger partial charge in [-0.1, -0.05) is 0 Å². The lowest BCUT2D eigenvalue weighted by Crippen LogP contribution is -2.37. The number of aliphatic hydroxyl groups is 1. The Morgan fingerprint density at radius 1 is 1.29 bits per heavy atom. The molecule has 2 amide bonds. The third-order valence-corrected chi connectivity index (χ3v) is 3.48. The van der Waals surface area contributed by atoms with E-state index < -0.39 is 0 Å². The molecule has 21 heavy (non-hydrogen) atoms. The second kappa shape index (κ2) is 7.75. The van der Waals surface area contributed by atoms with Gasteiger partial charge in [-0.3, -0.25) is 9.59 Å². The number of benzene rings is 1. The predicted octanol–water partition coefficient (Wildman–Crippen LogP) is 0.347. The quantitative estimate of drug-likeness (QED) is 0.630. The van der Waals surface area contributed by atoms with E-state index in [1.165, 1.54) is 0 Å². The van der Waals surface area contributed by atoms with E-state index in [2.05, 4.69) is 16.0 Å². The molecule has 1 heterocycles. The first-order chi connectivity index (χ1) is 10.2. The van der Waals surface area contributed by atoms with Crippen LogP contribution in [0.3, 0.4) is 0 Å². The average Bonchev–Trinajstić information content (AvgIpc) is 2.54. The topological polar surface area (TPSA) is 90.5 Å². The van der Waals surface area contributed by atoms with Gasteiger partial charge in [-0.25, -0.2) is 0 Å². The number of carbonyl (C=O) groups excluding carboxylic acids is 2. The summed E-state index contributed by atoms with van der Waals surface area (Å²) in [5, 5.41) is 17.3. The van der Waals surface area contributed by atoms with Crippen LogP contribution in [0.15, 0.2) is 24.3 Å². The fourth-order valence-electron chi connectivity index (χ4n) is 2.30. The van der Waals surface area contributed by atoms with Crippen LogP contribution >= 0.6 is 0 Å². The lowest BCUT2D eigenvalue weighted by atomic mass is 9.99. The zero-order valence-corrected chi connectivity index (χ0v) is 11.9. The third kappa shape index (κ3) is 4.54. The standard InChI is InChI=1S/C15H21N3O3/c19-9-8-17-14(20)11-3-5-13(6-4-11)18-15(21)12-2-1-7-16-10-12/h3-6,12,16,19H,1-2,7-10H2,(H,17,20)(H,18,21). The number of amides is 2. The number of hydrogen-bond acceptors (Lipinski definition) is 4. The molecule has 0 bridgehead atoms. The maximum Gasteiger partial charge on any atom is 0.251 e. The molecule has 2 rings (SSSR count). The van der Waals surface area contributed by atoms with Gasteiger partial charge in [-0.2, -0.15) is 0 Å². The summed E-state index contributed by atoms with van der Waals surface area (Å²) in [5.74, 6) is -0.218. The lowest BCUT2D eigenvalue weighted by molar-refractivity contribution is -0.120. The van der Waals surface area contributed by atoms with Gasteiger partial charge < -0.3 is 21.1 Å². The average molecular weight is 291 g/mol. The van der Waals surface area contributed by atoms with Crippen molar-refractivity contribution >= 4 is 17.5 Å². The number of anilines is 1. The summed E-state index contributed by atoms with van der Waals surface area (Å²) in [6.45, 7) is 1.83. The molecule has 1 fully saturated rings. The fourth-order valence-corrected chi connectivity index (χ4v) is 2.30. The molecule has 0 aromatic heterocycles. The van der Waals surface area contributed by atoms with Gasteiger partial charge in [0.25, 0.3) is 5.91 Å². The fraction of sp³-hybridized carbons (Fsp3) is 0.467.